The fraction of sp³-hybridized carbons (Fsp3) is 0.524. The Kier molecular flexibility index (Phi) is 9.35. The van der Waals surface area contributed by atoms with Gasteiger partial charge in [-0.1, -0.05) is 12.1 Å². The van der Waals surface area contributed by atoms with Crippen LogP contribution in [0, 0.1) is 25.6 Å². The maximum Gasteiger partial charge on any atom is 0.208 e. The molecule has 0 spiro atoms. The normalized spacial score (nSPS) is 15.8. The zero-order chi connectivity index (χ0) is 19.9. The predicted octanol–water partition coefficient (Wildman–Crippen LogP) is 3.63. The number of nitrogens with zero attached hydrogens (tertiary/aromatic N) is 3. The molecule has 2 aromatic rings. The predicted molar refractivity (Wildman–Crippen MR) is 124 cm³/mol. The lowest BCUT2D eigenvalue weighted by Crippen LogP contribution is -2.42. The maximum absolute atomic E-state index is 13.0. The Labute approximate surface area is 189 Å². The van der Waals surface area contributed by atoms with E-state index in [2.05, 4.69) is 25.5 Å². The van der Waals surface area contributed by atoms with Gasteiger partial charge in [0.25, 0.3) is 0 Å². The molecule has 0 amide bonds. The number of oxazole rings is 1. The summed E-state index contributed by atoms with van der Waals surface area (Å²) in [6.07, 6.45) is 2.28. The first-order chi connectivity index (χ1) is 13.5. The van der Waals surface area contributed by atoms with Gasteiger partial charge >= 0.3 is 0 Å². The van der Waals surface area contributed by atoms with E-state index < -0.39 is 0 Å². The highest BCUT2D eigenvalue weighted by atomic mass is 127. The van der Waals surface area contributed by atoms with Crippen molar-refractivity contribution in [2.45, 2.75) is 39.8 Å². The molecule has 1 aliphatic rings. The Bertz CT molecular complexity index is 765. The number of nitrogens with one attached hydrogen (secondary N) is 2. The Hall–Kier alpha value is -1.68. The lowest BCUT2D eigenvalue weighted by Gasteiger charge is -2.31. The maximum atomic E-state index is 13.0. The Morgan fingerprint density at radius 1 is 1.21 bits per heavy atom. The molecule has 2 heterocycles. The van der Waals surface area contributed by atoms with Crippen LogP contribution in [0.3, 0.4) is 0 Å². The molecule has 0 saturated carbocycles. The second-order valence-electron chi connectivity index (χ2n) is 7.40. The van der Waals surface area contributed by atoms with Gasteiger partial charge in [0.15, 0.2) is 5.96 Å². The molecule has 0 bridgehead atoms. The summed E-state index contributed by atoms with van der Waals surface area (Å²) in [5, 5.41) is 6.69. The summed E-state index contributed by atoms with van der Waals surface area (Å²) in [4.78, 5) is 11.2. The van der Waals surface area contributed by atoms with E-state index in [0.29, 0.717) is 12.5 Å². The van der Waals surface area contributed by atoms with Crippen molar-refractivity contribution in [2.75, 3.05) is 26.7 Å². The number of hydrogen-bond donors (Lipinski definition) is 2. The molecule has 0 unspecified atom stereocenters. The Balaban J connectivity index is 0.00000300. The molecule has 0 aliphatic carbocycles. The molecule has 160 valence electrons. The topological polar surface area (TPSA) is 65.7 Å². The van der Waals surface area contributed by atoms with Crippen molar-refractivity contribution in [1.29, 1.82) is 0 Å². The molecule has 1 fully saturated rings. The van der Waals surface area contributed by atoms with Gasteiger partial charge in [-0.05, 0) is 63.4 Å². The molecule has 1 saturated heterocycles. The second kappa shape index (κ2) is 11.5. The van der Waals surface area contributed by atoms with E-state index in [1.807, 2.05) is 13.8 Å². The molecule has 6 nitrogen and oxygen atoms in total. The van der Waals surface area contributed by atoms with Crippen LogP contribution in [0.2, 0.25) is 0 Å². The molecular formula is C21H31FIN5O. The van der Waals surface area contributed by atoms with E-state index in [1.165, 1.54) is 12.1 Å². The van der Waals surface area contributed by atoms with Crippen molar-refractivity contribution in [1.82, 2.24) is 20.5 Å². The van der Waals surface area contributed by atoms with Gasteiger partial charge in [0.2, 0.25) is 5.89 Å². The highest BCUT2D eigenvalue weighted by Crippen LogP contribution is 2.19. The van der Waals surface area contributed by atoms with Crippen molar-refractivity contribution in [2.24, 2.45) is 10.9 Å². The first-order valence-electron chi connectivity index (χ1n) is 9.87. The van der Waals surface area contributed by atoms with Crippen LogP contribution in [-0.2, 0) is 13.1 Å². The summed E-state index contributed by atoms with van der Waals surface area (Å²) in [5.41, 5.74) is 2.00. The van der Waals surface area contributed by atoms with Gasteiger partial charge in [0.1, 0.15) is 11.6 Å². The molecule has 29 heavy (non-hydrogen) atoms. The number of benzene rings is 1. The summed E-state index contributed by atoms with van der Waals surface area (Å²) in [5.74, 6) is 2.91. The molecule has 3 rings (SSSR count). The van der Waals surface area contributed by atoms with E-state index in [4.69, 9.17) is 4.42 Å². The average Bonchev–Trinajstić information content (AvgIpc) is 3.01. The number of piperidine rings is 1. The van der Waals surface area contributed by atoms with Crippen molar-refractivity contribution >= 4 is 29.9 Å². The van der Waals surface area contributed by atoms with Gasteiger partial charge in [0, 0.05) is 20.1 Å². The van der Waals surface area contributed by atoms with Gasteiger partial charge in [0.05, 0.1) is 12.2 Å². The smallest absolute Gasteiger partial charge is 0.208 e. The molecule has 8 heteroatoms. The van der Waals surface area contributed by atoms with Crippen molar-refractivity contribution in [3.63, 3.8) is 0 Å². The minimum absolute atomic E-state index is 0. The monoisotopic (exact) mass is 515 g/mol. The SMILES string of the molecule is CN=C(NCc1ccc(F)cc1)NCC1CCN(Cc2nc(C)c(C)o2)CC1.I. The number of halogens is 2. The van der Waals surface area contributed by atoms with Crippen LogP contribution in [0.4, 0.5) is 4.39 Å². The summed E-state index contributed by atoms with van der Waals surface area (Å²) in [6.45, 7) is 8.35. The number of rotatable bonds is 6. The van der Waals surface area contributed by atoms with Gasteiger partial charge < -0.3 is 15.1 Å². The van der Waals surface area contributed by atoms with Crippen LogP contribution in [0.5, 0.6) is 0 Å². The molecule has 2 N–H and O–H groups in total. The summed E-state index contributed by atoms with van der Waals surface area (Å²) in [7, 11) is 1.77. The zero-order valence-corrected chi connectivity index (χ0v) is 19.7. The number of aromatic nitrogens is 1. The summed E-state index contributed by atoms with van der Waals surface area (Å²) in [6, 6.07) is 6.51. The largest absolute Gasteiger partial charge is 0.444 e. The van der Waals surface area contributed by atoms with E-state index in [9.17, 15) is 4.39 Å². The highest BCUT2D eigenvalue weighted by Gasteiger charge is 2.21. The number of guanidine groups is 1. The lowest BCUT2D eigenvalue weighted by molar-refractivity contribution is 0.164. The number of likely N-dealkylation sites (tertiary alicyclic amines) is 1. The van der Waals surface area contributed by atoms with Crippen LogP contribution in [0.1, 0.15) is 35.7 Å². The zero-order valence-electron chi connectivity index (χ0n) is 17.4. The van der Waals surface area contributed by atoms with Crippen molar-refractivity contribution in [3.8, 4) is 0 Å². The van der Waals surface area contributed by atoms with Crippen LogP contribution in [0.15, 0.2) is 33.7 Å². The van der Waals surface area contributed by atoms with Gasteiger partial charge in [-0.25, -0.2) is 9.37 Å². The third-order valence-electron chi connectivity index (χ3n) is 5.29. The van der Waals surface area contributed by atoms with Crippen molar-refractivity contribution in [3.05, 3.63) is 53.0 Å². The molecular weight excluding hydrogens is 484 g/mol. The Morgan fingerprint density at radius 2 is 1.90 bits per heavy atom. The molecule has 0 radical (unpaired) electrons. The molecule has 1 aromatic carbocycles. The third kappa shape index (κ3) is 7.26. The molecule has 1 aromatic heterocycles. The van der Waals surface area contributed by atoms with Crippen LogP contribution >= 0.6 is 24.0 Å². The van der Waals surface area contributed by atoms with E-state index in [1.54, 1.807) is 19.2 Å². The number of aliphatic imine (C=N–C) groups is 1. The Morgan fingerprint density at radius 3 is 2.48 bits per heavy atom. The molecule has 1 aliphatic heterocycles. The van der Waals surface area contributed by atoms with Gasteiger partial charge in [-0.2, -0.15) is 0 Å². The quantitative estimate of drug-likeness (QED) is 0.350. The first-order valence-corrected chi connectivity index (χ1v) is 9.87. The second-order valence-corrected chi connectivity index (χ2v) is 7.40. The minimum Gasteiger partial charge on any atom is -0.444 e. The van der Waals surface area contributed by atoms with Crippen LogP contribution in [0.25, 0.3) is 0 Å². The molecule has 0 atom stereocenters. The fourth-order valence-corrected chi connectivity index (χ4v) is 3.40. The van der Waals surface area contributed by atoms with Crippen molar-refractivity contribution < 1.29 is 8.81 Å². The lowest BCUT2D eigenvalue weighted by atomic mass is 9.97. The number of hydrogen-bond acceptors (Lipinski definition) is 4. The van der Waals surface area contributed by atoms with Crippen LogP contribution < -0.4 is 10.6 Å². The third-order valence-corrected chi connectivity index (χ3v) is 5.29. The summed E-state index contributed by atoms with van der Waals surface area (Å²) >= 11 is 0. The van der Waals surface area contributed by atoms with Crippen LogP contribution in [-0.4, -0.2) is 42.5 Å². The first kappa shape index (κ1) is 23.6. The van der Waals surface area contributed by atoms with Gasteiger partial charge in [-0.15, -0.1) is 24.0 Å². The average molecular weight is 515 g/mol. The number of aryl methyl sites for hydroxylation is 2. The standard InChI is InChI=1S/C21H30FN5O.HI/c1-15-16(2)28-20(26-15)14-27-10-8-18(9-11-27)13-25-21(23-3)24-12-17-4-6-19(22)7-5-17;/h4-7,18H,8-14H2,1-3H3,(H2,23,24,25);1H. The van der Waals surface area contributed by atoms with E-state index in [-0.39, 0.29) is 29.8 Å². The summed E-state index contributed by atoms with van der Waals surface area (Å²) < 4.78 is 18.7. The highest BCUT2D eigenvalue weighted by molar-refractivity contribution is 14.0. The minimum atomic E-state index is -0.217. The van der Waals surface area contributed by atoms with Gasteiger partial charge in [-0.3, -0.25) is 9.89 Å². The van der Waals surface area contributed by atoms with E-state index in [0.717, 1.165) is 67.9 Å². The van der Waals surface area contributed by atoms with E-state index >= 15 is 0 Å². The fourth-order valence-electron chi connectivity index (χ4n) is 3.40.